The van der Waals surface area contributed by atoms with Crippen LogP contribution in [0.25, 0.3) is 0 Å². The summed E-state index contributed by atoms with van der Waals surface area (Å²) in [6, 6.07) is -0.246. The summed E-state index contributed by atoms with van der Waals surface area (Å²) < 4.78 is 14.5. The van der Waals surface area contributed by atoms with Gasteiger partial charge in [-0.1, -0.05) is 12.2 Å². The van der Waals surface area contributed by atoms with Crippen molar-refractivity contribution >= 4 is 11.8 Å². The van der Waals surface area contributed by atoms with Crippen molar-refractivity contribution in [2.45, 2.75) is 25.1 Å². The Bertz CT molecular complexity index is 497. The van der Waals surface area contributed by atoms with Gasteiger partial charge in [0.25, 0.3) is 0 Å². The molecule has 0 aromatic rings. The van der Waals surface area contributed by atoms with Crippen LogP contribution in [0.3, 0.4) is 0 Å². The second-order valence-corrected chi connectivity index (χ2v) is 5.75. The van der Waals surface area contributed by atoms with Crippen molar-refractivity contribution in [3.63, 3.8) is 0 Å². The summed E-state index contributed by atoms with van der Waals surface area (Å²) in [5.74, 6) is -0.955. The molecule has 2 heterocycles. The number of rotatable bonds is 2. The quantitative estimate of drug-likeness (QED) is 0.711. The fourth-order valence-electron chi connectivity index (χ4n) is 3.20. The molecule has 2 fully saturated rings. The van der Waals surface area contributed by atoms with Gasteiger partial charge in [-0.3, -0.25) is 19.8 Å². The van der Waals surface area contributed by atoms with Crippen molar-refractivity contribution in [2.75, 3.05) is 26.2 Å². The van der Waals surface area contributed by atoms with Gasteiger partial charge in [-0.2, -0.15) is 0 Å². The van der Waals surface area contributed by atoms with Gasteiger partial charge >= 0.3 is 0 Å². The van der Waals surface area contributed by atoms with Crippen molar-refractivity contribution in [1.29, 1.82) is 0 Å². The molecule has 2 N–H and O–H groups in total. The molecule has 2 amide bonds. The molecule has 2 saturated heterocycles. The average molecular weight is 293 g/mol. The monoisotopic (exact) mass is 293 g/mol. The van der Waals surface area contributed by atoms with Gasteiger partial charge < -0.3 is 5.32 Å². The lowest BCUT2D eigenvalue weighted by molar-refractivity contribution is -0.135. The minimum atomic E-state index is -1.10. The second-order valence-electron chi connectivity index (χ2n) is 5.75. The SMILES string of the molecule is O=C1CCC(C2=CC(F)C(N3CCNCC3)C=C2)C(=O)N1. The number of carbonyl (C=O) groups excluding carboxylic acids is 2. The maximum atomic E-state index is 14.5. The maximum absolute atomic E-state index is 14.5. The van der Waals surface area contributed by atoms with Crippen LogP contribution in [0.5, 0.6) is 0 Å². The van der Waals surface area contributed by atoms with Crippen LogP contribution >= 0.6 is 0 Å². The number of nitrogens with zero attached hydrogens (tertiary/aromatic N) is 1. The molecule has 3 unspecified atom stereocenters. The summed E-state index contributed by atoms with van der Waals surface area (Å²) in [4.78, 5) is 25.1. The number of carbonyl (C=O) groups is 2. The third kappa shape index (κ3) is 3.06. The van der Waals surface area contributed by atoms with Gasteiger partial charge in [-0.25, -0.2) is 4.39 Å². The number of allylic oxidation sites excluding steroid dienone is 1. The Kier molecular flexibility index (Phi) is 4.17. The van der Waals surface area contributed by atoms with Crippen LogP contribution in [0.15, 0.2) is 23.8 Å². The fraction of sp³-hybridized carbons (Fsp3) is 0.600. The standard InChI is InChI=1S/C15H20FN3O2/c16-12-9-10(11-2-4-14(20)18-15(11)21)1-3-13(12)19-7-5-17-6-8-19/h1,3,9,11-13,17H,2,4-8H2,(H,18,20,21). The summed E-state index contributed by atoms with van der Waals surface area (Å²) in [5, 5.41) is 5.57. The minimum Gasteiger partial charge on any atom is -0.314 e. The van der Waals surface area contributed by atoms with E-state index < -0.39 is 12.1 Å². The lowest BCUT2D eigenvalue weighted by Crippen LogP contribution is -2.51. The van der Waals surface area contributed by atoms with Crippen LogP contribution in [0.4, 0.5) is 4.39 Å². The Morgan fingerprint density at radius 1 is 1.24 bits per heavy atom. The normalized spacial score (nSPS) is 34.5. The highest BCUT2D eigenvalue weighted by atomic mass is 19.1. The third-order valence-corrected chi connectivity index (χ3v) is 4.38. The van der Waals surface area contributed by atoms with Crippen molar-refractivity contribution < 1.29 is 14.0 Å². The maximum Gasteiger partial charge on any atom is 0.234 e. The van der Waals surface area contributed by atoms with E-state index in [9.17, 15) is 14.0 Å². The minimum absolute atomic E-state index is 0.243. The molecular formula is C15H20FN3O2. The topological polar surface area (TPSA) is 61.4 Å². The third-order valence-electron chi connectivity index (χ3n) is 4.38. The van der Waals surface area contributed by atoms with E-state index in [4.69, 9.17) is 0 Å². The molecule has 0 spiro atoms. The number of piperidine rings is 1. The Morgan fingerprint density at radius 2 is 2.00 bits per heavy atom. The zero-order valence-corrected chi connectivity index (χ0v) is 11.8. The van der Waals surface area contributed by atoms with Crippen LogP contribution in [0.1, 0.15) is 12.8 Å². The zero-order chi connectivity index (χ0) is 14.8. The molecular weight excluding hydrogens is 273 g/mol. The van der Waals surface area contributed by atoms with E-state index in [1.54, 1.807) is 6.08 Å². The Labute approximate surface area is 123 Å². The fourth-order valence-corrected chi connectivity index (χ4v) is 3.20. The molecule has 3 atom stereocenters. The predicted octanol–water partition coefficient (Wildman–Crippen LogP) is 0.147. The van der Waals surface area contributed by atoms with E-state index in [1.807, 2.05) is 12.2 Å². The molecule has 114 valence electrons. The van der Waals surface area contributed by atoms with Gasteiger partial charge in [0.1, 0.15) is 6.17 Å². The first-order valence-electron chi connectivity index (χ1n) is 7.47. The first-order chi connectivity index (χ1) is 10.1. The molecule has 0 saturated carbocycles. The molecule has 6 heteroatoms. The molecule has 0 radical (unpaired) electrons. The summed E-state index contributed by atoms with van der Waals surface area (Å²) in [7, 11) is 0. The van der Waals surface area contributed by atoms with Crippen LogP contribution < -0.4 is 10.6 Å². The summed E-state index contributed by atoms with van der Waals surface area (Å²) in [5.41, 5.74) is 0.693. The molecule has 1 aliphatic carbocycles. The van der Waals surface area contributed by atoms with E-state index in [0.717, 1.165) is 26.2 Å². The summed E-state index contributed by atoms with van der Waals surface area (Å²) in [6.07, 6.45) is 4.93. The van der Waals surface area contributed by atoms with Crippen molar-refractivity contribution in [3.8, 4) is 0 Å². The van der Waals surface area contributed by atoms with Crippen LogP contribution in [-0.4, -0.2) is 55.1 Å². The Balaban J connectivity index is 1.68. The molecule has 0 aromatic heterocycles. The first kappa shape index (κ1) is 14.4. The molecule has 2 aliphatic heterocycles. The van der Waals surface area contributed by atoms with E-state index in [-0.39, 0.29) is 17.9 Å². The molecule has 0 bridgehead atoms. The first-order valence-corrected chi connectivity index (χ1v) is 7.47. The largest absolute Gasteiger partial charge is 0.314 e. The van der Waals surface area contributed by atoms with E-state index in [0.29, 0.717) is 18.4 Å². The smallest absolute Gasteiger partial charge is 0.234 e. The van der Waals surface area contributed by atoms with Gasteiger partial charge in [0, 0.05) is 32.6 Å². The van der Waals surface area contributed by atoms with E-state index in [1.165, 1.54) is 0 Å². The highest BCUT2D eigenvalue weighted by Gasteiger charge is 2.33. The lowest BCUT2D eigenvalue weighted by atomic mass is 9.85. The number of nitrogens with one attached hydrogen (secondary N) is 2. The van der Waals surface area contributed by atoms with Crippen molar-refractivity contribution in [1.82, 2.24) is 15.5 Å². The summed E-state index contributed by atoms with van der Waals surface area (Å²) in [6.45, 7) is 3.41. The number of piperazine rings is 1. The lowest BCUT2D eigenvalue weighted by Gasteiger charge is -2.36. The number of alkyl halides is 1. The molecule has 21 heavy (non-hydrogen) atoms. The van der Waals surface area contributed by atoms with Gasteiger partial charge in [0.05, 0.1) is 12.0 Å². The highest BCUT2D eigenvalue weighted by Crippen LogP contribution is 2.28. The molecule has 3 rings (SSSR count). The number of amides is 2. The van der Waals surface area contributed by atoms with Gasteiger partial charge in [-0.15, -0.1) is 0 Å². The molecule has 5 nitrogen and oxygen atoms in total. The zero-order valence-electron chi connectivity index (χ0n) is 11.8. The Morgan fingerprint density at radius 3 is 2.67 bits per heavy atom. The van der Waals surface area contributed by atoms with E-state index in [2.05, 4.69) is 15.5 Å². The van der Waals surface area contributed by atoms with Crippen molar-refractivity contribution in [2.24, 2.45) is 5.92 Å². The van der Waals surface area contributed by atoms with Gasteiger partial charge in [0.2, 0.25) is 11.8 Å². The number of halogens is 1. The number of hydrogen-bond acceptors (Lipinski definition) is 4. The van der Waals surface area contributed by atoms with Crippen LogP contribution in [0.2, 0.25) is 0 Å². The van der Waals surface area contributed by atoms with Crippen LogP contribution in [0, 0.1) is 5.92 Å². The van der Waals surface area contributed by atoms with Crippen molar-refractivity contribution in [3.05, 3.63) is 23.8 Å². The number of imide groups is 1. The van der Waals surface area contributed by atoms with Crippen LogP contribution in [-0.2, 0) is 9.59 Å². The Hall–Kier alpha value is -1.53. The second kappa shape index (κ2) is 6.07. The number of hydrogen-bond donors (Lipinski definition) is 2. The predicted molar refractivity (Wildman–Crippen MR) is 76.2 cm³/mol. The van der Waals surface area contributed by atoms with E-state index >= 15 is 0 Å². The van der Waals surface area contributed by atoms with Gasteiger partial charge in [-0.05, 0) is 18.1 Å². The van der Waals surface area contributed by atoms with Gasteiger partial charge in [0.15, 0.2) is 0 Å². The molecule has 3 aliphatic rings. The average Bonchev–Trinajstić information content (AvgIpc) is 2.48. The highest BCUT2D eigenvalue weighted by molar-refractivity contribution is 6.00. The molecule has 0 aromatic carbocycles. The summed E-state index contributed by atoms with van der Waals surface area (Å²) >= 11 is 0.